The molecule has 1 spiro atoms. The zero-order chi connectivity index (χ0) is 37.3. The van der Waals surface area contributed by atoms with Gasteiger partial charge in [0.2, 0.25) is 0 Å². The van der Waals surface area contributed by atoms with E-state index in [0.29, 0.717) is 0 Å². The van der Waals surface area contributed by atoms with Gasteiger partial charge in [0.1, 0.15) is 74.0 Å². The second kappa shape index (κ2) is 12.7. The molecule has 2 atom stereocenters. The number of hydrogen-bond acceptors (Lipinski definition) is 12. The van der Waals surface area contributed by atoms with E-state index >= 15 is 0 Å². The van der Waals surface area contributed by atoms with Crippen LogP contribution in [-0.4, -0.2) is 53.8 Å². The Bertz CT molecular complexity index is 2100. The first-order valence-electron chi connectivity index (χ1n) is 17.0. The number of benzene rings is 3. The van der Waals surface area contributed by atoms with Crippen LogP contribution in [-0.2, 0) is 12.8 Å². The lowest BCUT2D eigenvalue weighted by Gasteiger charge is -2.29. The summed E-state index contributed by atoms with van der Waals surface area (Å²) in [6, 6.07) is 4.81. The van der Waals surface area contributed by atoms with E-state index in [-0.39, 0.29) is 112 Å². The van der Waals surface area contributed by atoms with Gasteiger partial charge in [-0.3, -0.25) is 14.4 Å². The molecule has 2 aliphatic heterocycles. The molecule has 0 aliphatic carbocycles. The number of hydrogen-bond donors (Lipinski definition) is 6. The molecule has 2 aliphatic rings. The first-order chi connectivity index (χ1) is 23.9. The Labute approximate surface area is 293 Å². The zero-order valence-electron chi connectivity index (χ0n) is 29.3. The fourth-order valence-corrected chi connectivity index (χ4v) is 7.21. The highest BCUT2D eigenvalue weighted by Gasteiger charge is 2.59. The summed E-state index contributed by atoms with van der Waals surface area (Å²) in [5.41, 5.74) is -0.265. The van der Waals surface area contributed by atoms with Gasteiger partial charge >= 0.3 is 0 Å². The lowest BCUT2D eigenvalue weighted by Crippen LogP contribution is -2.44. The van der Waals surface area contributed by atoms with Crippen molar-refractivity contribution in [1.82, 2.24) is 0 Å². The summed E-state index contributed by atoms with van der Waals surface area (Å²) >= 11 is 0. The van der Waals surface area contributed by atoms with Gasteiger partial charge in [0.05, 0.1) is 17.7 Å². The number of rotatable bonds is 11. The van der Waals surface area contributed by atoms with Crippen LogP contribution in [0.15, 0.2) is 28.7 Å². The van der Waals surface area contributed by atoms with Gasteiger partial charge in [-0.25, -0.2) is 0 Å². The predicted molar refractivity (Wildman–Crippen MR) is 185 cm³/mol. The lowest BCUT2D eigenvalue weighted by molar-refractivity contribution is -0.100. The Morgan fingerprint density at radius 2 is 1.16 bits per heavy atom. The zero-order valence-corrected chi connectivity index (χ0v) is 29.3. The second-order valence-corrected chi connectivity index (χ2v) is 14.9. The average molecular weight is 703 g/mol. The minimum atomic E-state index is -1.84. The highest BCUT2D eigenvalue weighted by atomic mass is 16.7. The van der Waals surface area contributed by atoms with E-state index in [0.717, 1.165) is 12.1 Å². The summed E-state index contributed by atoms with van der Waals surface area (Å²) in [6.45, 7) is 11.0. The van der Waals surface area contributed by atoms with Crippen molar-refractivity contribution in [1.29, 1.82) is 0 Å². The summed E-state index contributed by atoms with van der Waals surface area (Å²) < 4.78 is 19.0. The van der Waals surface area contributed by atoms with Crippen LogP contribution in [0, 0.1) is 17.8 Å². The Morgan fingerprint density at radius 3 is 1.73 bits per heavy atom. The molecule has 4 aromatic rings. The maximum atomic E-state index is 13.5. The molecule has 0 saturated heterocycles. The Hall–Kier alpha value is -5.39. The van der Waals surface area contributed by atoms with Gasteiger partial charge in [0, 0.05) is 55.0 Å². The molecule has 0 saturated carbocycles. The van der Waals surface area contributed by atoms with Crippen LogP contribution < -0.4 is 9.47 Å². The molecule has 12 heteroatoms. The average Bonchev–Trinajstić information content (AvgIpc) is 3.66. The SMILES string of the molecule is CC(C)CC(=O)c1c(O)cc(O)c2c1O[C@]1(C2)Oc2c(C(=O)CC(C)C)c(O)cc(O)c2[C@@H]1Cc1cc2c(O)c(C(=O)CC(C)C)c(O)cc2o1. The Morgan fingerprint density at radius 1 is 0.667 bits per heavy atom. The van der Waals surface area contributed by atoms with Gasteiger partial charge in [-0.2, -0.15) is 0 Å². The van der Waals surface area contributed by atoms with Crippen LogP contribution in [0.1, 0.15) is 115 Å². The van der Waals surface area contributed by atoms with Crippen molar-refractivity contribution in [3.8, 4) is 46.0 Å². The third-order valence-electron chi connectivity index (χ3n) is 9.32. The number of ketones is 3. The van der Waals surface area contributed by atoms with Crippen LogP contribution in [0.5, 0.6) is 46.0 Å². The molecular weight excluding hydrogens is 660 g/mol. The quantitative estimate of drug-likeness (QED) is 0.0846. The number of carbonyl (C=O) groups is 3. The lowest BCUT2D eigenvalue weighted by atomic mass is 9.84. The Kier molecular flexibility index (Phi) is 8.85. The smallest absolute Gasteiger partial charge is 0.263 e. The normalized spacial score (nSPS) is 17.7. The van der Waals surface area contributed by atoms with Gasteiger partial charge in [0.15, 0.2) is 17.3 Å². The molecular formula is C39H42O12. The molecule has 0 radical (unpaired) electrons. The fourth-order valence-electron chi connectivity index (χ4n) is 7.21. The molecule has 1 aromatic heterocycles. The molecule has 0 unspecified atom stereocenters. The third kappa shape index (κ3) is 6.06. The van der Waals surface area contributed by atoms with E-state index in [2.05, 4.69) is 0 Å². The van der Waals surface area contributed by atoms with Crippen LogP contribution in [0.3, 0.4) is 0 Å². The summed E-state index contributed by atoms with van der Waals surface area (Å²) in [6.07, 6.45) is -0.163. The van der Waals surface area contributed by atoms with E-state index in [9.17, 15) is 45.0 Å². The molecule has 0 fully saturated rings. The van der Waals surface area contributed by atoms with Gasteiger partial charge in [-0.15, -0.1) is 0 Å². The van der Waals surface area contributed by atoms with Gasteiger partial charge in [-0.05, 0) is 23.8 Å². The van der Waals surface area contributed by atoms with Crippen LogP contribution in [0.4, 0.5) is 0 Å². The van der Waals surface area contributed by atoms with Crippen molar-refractivity contribution in [2.75, 3.05) is 0 Å². The van der Waals surface area contributed by atoms with Gasteiger partial charge in [0.25, 0.3) is 5.79 Å². The van der Waals surface area contributed by atoms with Crippen molar-refractivity contribution >= 4 is 28.3 Å². The van der Waals surface area contributed by atoms with Crippen molar-refractivity contribution in [3.05, 3.63) is 57.8 Å². The van der Waals surface area contributed by atoms with Crippen LogP contribution >= 0.6 is 0 Å². The number of aromatic hydroxyl groups is 6. The molecule has 0 bridgehead atoms. The number of phenolic OH excluding ortho intramolecular Hbond substituents is 6. The highest BCUT2D eigenvalue weighted by molar-refractivity contribution is 6.07. The maximum absolute atomic E-state index is 13.5. The standard InChI is InChI=1S/C39H42O12/c1-16(2)7-24(41)33-30(47)14-31-20(36(33)48)10-19(49-31)11-22-32-27(44)13-29(46)35(26(43)9-18(5)6)38(32)51-39(22)15-21-23(40)12-28(45)34(37(21)50-39)25(42)8-17(3)4/h10,12-14,16-18,22,40,44-48H,7-9,11,15H2,1-6H3/t22-,39+/m0/s1. The second-order valence-electron chi connectivity index (χ2n) is 14.9. The van der Waals surface area contributed by atoms with E-state index in [1.165, 1.54) is 12.1 Å². The molecule has 3 heterocycles. The molecule has 3 aromatic carbocycles. The maximum Gasteiger partial charge on any atom is 0.263 e. The topological polar surface area (TPSA) is 204 Å². The van der Waals surface area contributed by atoms with Crippen molar-refractivity contribution in [3.63, 3.8) is 0 Å². The van der Waals surface area contributed by atoms with Gasteiger partial charge in [-0.1, -0.05) is 41.5 Å². The summed E-state index contributed by atoms with van der Waals surface area (Å²) in [5, 5.41) is 66.2. The number of phenols is 6. The number of carbonyl (C=O) groups excluding carboxylic acids is 3. The van der Waals surface area contributed by atoms with E-state index in [1.807, 2.05) is 41.5 Å². The van der Waals surface area contributed by atoms with E-state index in [1.54, 1.807) is 0 Å². The Balaban J connectivity index is 1.52. The molecule has 12 nitrogen and oxygen atoms in total. The van der Waals surface area contributed by atoms with Crippen molar-refractivity contribution < 1.29 is 58.9 Å². The first-order valence-corrected chi connectivity index (χ1v) is 17.0. The summed E-state index contributed by atoms with van der Waals surface area (Å²) in [7, 11) is 0. The van der Waals surface area contributed by atoms with Crippen molar-refractivity contribution in [2.45, 2.75) is 85.4 Å². The minimum Gasteiger partial charge on any atom is -0.507 e. The first kappa shape index (κ1) is 35.4. The van der Waals surface area contributed by atoms with Crippen LogP contribution in [0.25, 0.3) is 11.0 Å². The predicted octanol–water partition coefficient (Wildman–Crippen LogP) is 7.40. The minimum absolute atomic E-state index is 0.0342. The summed E-state index contributed by atoms with van der Waals surface area (Å²) in [4.78, 5) is 39.9. The van der Waals surface area contributed by atoms with E-state index < -0.39 is 57.8 Å². The third-order valence-corrected chi connectivity index (χ3v) is 9.32. The largest absolute Gasteiger partial charge is 0.507 e. The summed E-state index contributed by atoms with van der Waals surface area (Å²) in [5.74, 6) is -7.22. The van der Waals surface area contributed by atoms with Crippen LogP contribution in [0.2, 0.25) is 0 Å². The number of furan rings is 1. The number of ether oxygens (including phenoxy) is 2. The van der Waals surface area contributed by atoms with E-state index in [4.69, 9.17) is 13.9 Å². The molecule has 51 heavy (non-hydrogen) atoms. The fraction of sp³-hybridized carbons (Fsp3) is 0.410. The monoisotopic (exact) mass is 702 g/mol. The molecule has 6 N–H and O–H groups in total. The molecule has 6 rings (SSSR count). The number of Topliss-reactive ketones (excluding diaryl/α,β-unsaturated/α-hetero) is 3. The van der Waals surface area contributed by atoms with Crippen molar-refractivity contribution in [2.24, 2.45) is 17.8 Å². The molecule has 0 amide bonds. The molecule has 270 valence electrons. The van der Waals surface area contributed by atoms with Gasteiger partial charge < -0.3 is 44.5 Å². The number of fused-ring (bicyclic) bond motifs is 3. The highest BCUT2D eigenvalue weighted by Crippen LogP contribution is 2.60.